The van der Waals surface area contributed by atoms with Crippen LogP contribution >= 0.6 is 0 Å². The van der Waals surface area contributed by atoms with E-state index in [1.807, 2.05) is 88.4 Å². The van der Waals surface area contributed by atoms with Crippen molar-refractivity contribution in [2.75, 3.05) is 31.3 Å². The van der Waals surface area contributed by atoms with Gasteiger partial charge in [-0.1, -0.05) is 88.4 Å². The number of carbonyl (C=O) groups is 4. The van der Waals surface area contributed by atoms with E-state index >= 15 is 0 Å². The van der Waals surface area contributed by atoms with Crippen molar-refractivity contribution >= 4 is 39.3 Å². The molecule has 14 heteroatoms. The van der Waals surface area contributed by atoms with Gasteiger partial charge >= 0.3 is 0 Å². The van der Waals surface area contributed by atoms with Crippen molar-refractivity contribution in [3.05, 3.63) is 101 Å². The van der Waals surface area contributed by atoms with Crippen LogP contribution in [0.15, 0.2) is 78.9 Å². The van der Waals surface area contributed by atoms with Gasteiger partial charge in [0, 0.05) is 31.1 Å². The minimum Gasteiger partial charge on any atom is -0.391 e. The van der Waals surface area contributed by atoms with Gasteiger partial charge in [0.15, 0.2) is 0 Å². The Balaban J connectivity index is 1.95. The third-order valence-electron chi connectivity index (χ3n) is 9.27. The molecule has 13 nitrogen and oxygen atoms in total. The van der Waals surface area contributed by atoms with Crippen molar-refractivity contribution in [2.24, 2.45) is 17.8 Å². The molecule has 0 radical (unpaired) electrons. The number of sulfonamides is 1. The summed E-state index contributed by atoms with van der Waals surface area (Å²) in [6.07, 6.45) is -0.368. The molecule has 0 saturated carbocycles. The molecule has 0 saturated heterocycles. The fourth-order valence-corrected chi connectivity index (χ4v) is 6.28. The summed E-state index contributed by atoms with van der Waals surface area (Å²) >= 11 is 0. The van der Waals surface area contributed by atoms with Gasteiger partial charge in [-0.2, -0.15) is 0 Å². The lowest BCUT2D eigenvalue weighted by atomic mass is 9.86. The number of hydrogen-bond acceptors (Lipinski definition) is 8. The smallest absolute Gasteiger partial charge is 0.251 e. The molecular formula is C40H55N5O8S. The number of nitrogens with one attached hydrogen (secondary N) is 4. The van der Waals surface area contributed by atoms with Crippen LogP contribution in [-0.2, 0) is 31.0 Å². The van der Waals surface area contributed by atoms with Gasteiger partial charge in [0.1, 0.15) is 6.04 Å². The first kappa shape index (κ1) is 43.6. The summed E-state index contributed by atoms with van der Waals surface area (Å²) < 4.78 is 32.0. The maximum Gasteiger partial charge on any atom is 0.251 e. The Labute approximate surface area is 319 Å². The Morgan fingerprint density at radius 1 is 0.778 bits per heavy atom. The van der Waals surface area contributed by atoms with Gasteiger partial charge in [-0.15, -0.1) is 0 Å². The number of carbonyl (C=O) groups excluding carboxylic acids is 4. The summed E-state index contributed by atoms with van der Waals surface area (Å²) in [7, 11) is -0.979. The molecule has 0 spiro atoms. The SMILES string of the molecule is CNC(=O)[C@@H](NC(=O)[C@@H](C[C@H](O)[C@H](COCc1ccccc1)NC(=O)c1cc(C(=O)N[C@H](C)c2ccccc2)cc(N(C)S(C)(=O)=O)c1)C(C)C)C(C)C. The third-order valence-corrected chi connectivity index (χ3v) is 10.5. The molecule has 0 aliphatic carbocycles. The van der Waals surface area contributed by atoms with Gasteiger partial charge in [0.05, 0.1) is 43.3 Å². The number of ether oxygens (including phenoxy) is 1. The zero-order valence-electron chi connectivity index (χ0n) is 32.3. The molecule has 3 rings (SSSR count). The number of nitrogens with zero attached hydrogens (tertiary/aromatic N) is 1. The Bertz CT molecular complexity index is 1820. The Morgan fingerprint density at radius 3 is 1.85 bits per heavy atom. The van der Waals surface area contributed by atoms with Crippen molar-refractivity contribution in [2.45, 2.75) is 71.9 Å². The van der Waals surface area contributed by atoms with Gasteiger partial charge in [0.2, 0.25) is 21.8 Å². The van der Waals surface area contributed by atoms with Gasteiger partial charge in [-0.3, -0.25) is 23.5 Å². The molecule has 0 aliphatic rings. The zero-order valence-corrected chi connectivity index (χ0v) is 33.1. The number of hydrogen-bond donors (Lipinski definition) is 5. The number of anilines is 1. The average molecular weight is 766 g/mol. The van der Waals surface area contributed by atoms with E-state index in [9.17, 15) is 32.7 Å². The first-order valence-corrected chi connectivity index (χ1v) is 19.8. The van der Waals surface area contributed by atoms with Gasteiger partial charge < -0.3 is 31.1 Å². The lowest BCUT2D eigenvalue weighted by Crippen LogP contribution is -2.52. The van der Waals surface area contributed by atoms with Crippen molar-refractivity contribution in [3.8, 4) is 0 Å². The standard InChI is InChI=1S/C40H55N5O8S/c1-25(2)33(39(49)44-36(26(3)4)40(50)41-6)22-35(46)34(24-53-23-28-15-11-9-12-16-28)43-38(48)31-19-30(20-32(21-31)45(7)54(8,51)52)37(47)42-27(5)29-17-13-10-14-18-29/h9-21,25-27,33-36,46H,22-24H2,1-8H3,(H,41,50)(H,42,47)(H,43,48)(H,44,49)/t27-,33+,34+,35+,36+/m1/s1. The third kappa shape index (κ3) is 12.7. The van der Waals surface area contributed by atoms with Crippen LogP contribution in [0.5, 0.6) is 0 Å². The van der Waals surface area contributed by atoms with Crippen LogP contribution in [-0.4, -0.2) is 82.3 Å². The second kappa shape index (κ2) is 20.0. The Kier molecular flexibility index (Phi) is 16.2. The Morgan fingerprint density at radius 2 is 1.33 bits per heavy atom. The molecular weight excluding hydrogens is 711 g/mol. The maximum atomic E-state index is 14.0. The van der Waals surface area contributed by atoms with Crippen LogP contribution in [0.4, 0.5) is 5.69 Å². The minimum absolute atomic E-state index is 0.0377. The molecule has 0 heterocycles. The zero-order chi connectivity index (χ0) is 40.2. The second-order valence-corrected chi connectivity index (χ2v) is 16.2. The predicted octanol–water partition coefficient (Wildman–Crippen LogP) is 3.80. The van der Waals surface area contributed by atoms with E-state index in [1.165, 1.54) is 32.3 Å². The van der Waals surface area contributed by atoms with E-state index in [4.69, 9.17) is 4.74 Å². The summed E-state index contributed by atoms with van der Waals surface area (Å²) in [5.41, 5.74) is 1.79. The molecule has 0 unspecified atom stereocenters. The van der Waals surface area contributed by atoms with Gasteiger partial charge in [0.25, 0.3) is 11.8 Å². The summed E-state index contributed by atoms with van der Waals surface area (Å²) in [6.45, 7) is 9.13. The number of aliphatic hydroxyl groups excluding tert-OH is 1. The fraction of sp³-hybridized carbons (Fsp3) is 0.450. The first-order valence-electron chi connectivity index (χ1n) is 18.0. The highest BCUT2D eigenvalue weighted by Gasteiger charge is 2.33. The summed E-state index contributed by atoms with van der Waals surface area (Å²) in [4.78, 5) is 53.6. The summed E-state index contributed by atoms with van der Waals surface area (Å²) in [6, 6.07) is 20.5. The number of likely N-dealkylation sites (N-methyl/N-ethyl adjacent to an activating group) is 1. The van der Waals surface area contributed by atoms with Crippen LogP contribution in [0.25, 0.3) is 0 Å². The lowest BCUT2D eigenvalue weighted by molar-refractivity contribution is -0.133. The van der Waals surface area contributed by atoms with Gasteiger partial charge in [-0.05, 0) is 54.5 Å². The minimum atomic E-state index is -3.79. The average Bonchev–Trinajstić information content (AvgIpc) is 3.14. The monoisotopic (exact) mass is 765 g/mol. The van der Waals surface area contributed by atoms with Crippen LogP contribution in [0, 0.1) is 17.8 Å². The number of benzene rings is 3. The van der Waals surface area contributed by atoms with E-state index in [2.05, 4.69) is 21.3 Å². The lowest BCUT2D eigenvalue weighted by Gasteiger charge is -2.30. The molecule has 5 N–H and O–H groups in total. The first-order chi connectivity index (χ1) is 25.4. The van der Waals surface area contributed by atoms with Crippen LogP contribution in [0.2, 0.25) is 0 Å². The topological polar surface area (TPSA) is 183 Å². The molecule has 0 aromatic heterocycles. The van der Waals surface area contributed by atoms with Crippen LogP contribution in [0.1, 0.15) is 78.9 Å². The van der Waals surface area contributed by atoms with E-state index in [1.54, 1.807) is 6.92 Å². The van der Waals surface area contributed by atoms with E-state index < -0.39 is 57.9 Å². The Hall–Kier alpha value is -4.79. The maximum absolute atomic E-state index is 14.0. The fourth-order valence-electron chi connectivity index (χ4n) is 5.79. The molecule has 3 aromatic carbocycles. The molecule has 0 bridgehead atoms. The quantitative estimate of drug-likeness (QED) is 0.122. The van der Waals surface area contributed by atoms with Crippen molar-refractivity contribution < 1.29 is 37.4 Å². The summed E-state index contributed by atoms with van der Waals surface area (Å²) in [5, 5.41) is 22.8. The van der Waals surface area contributed by atoms with Crippen LogP contribution in [0.3, 0.4) is 0 Å². The highest BCUT2D eigenvalue weighted by molar-refractivity contribution is 7.92. The largest absolute Gasteiger partial charge is 0.391 e. The molecule has 5 atom stereocenters. The van der Waals surface area contributed by atoms with E-state index in [0.29, 0.717) is 0 Å². The highest BCUT2D eigenvalue weighted by atomic mass is 32.2. The number of aliphatic hydroxyl groups is 1. The number of amides is 4. The molecule has 294 valence electrons. The molecule has 0 fully saturated rings. The van der Waals surface area contributed by atoms with E-state index in [-0.39, 0.29) is 54.2 Å². The predicted molar refractivity (Wildman–Crippen MR) is 209 cm³/mol. The summed E-state index contributed by atoms with van der Waals surface area (Å²) in [5.74, 6) is -3.19. The normalized spacial score (nSPS) is 14.4. The van der Waals surface area contributed by atoms with Gasteiger partial charge in [-0.25, -0.2) is 8.42 Å². The number of rotatable bonds is 19. The van der Waals surface area contributed by atoms with Crippen molar-refractivity contribution in [1.82, 2.24) is 21.3 Å². The highest BCUT2D eigenvalue weighted by Crippen LogP contribution is 2.24. The van der Waals surface area contributed by atoms with Crippen molar-refractivity contribution in [3.63, 3.8) is 0 Å². The van der Waals surface area contributed by atoms with Crippen LogP contribution < -0.4 is 25.6 Å². The second-order valence-electron chi connectivity index (χ2n) is 14.2. The molecule has 0 aliphatic heterocycles. The molecule has 4 amide bonds. The van der Waals surface area contributed by atoms with E-state index in [0.717, 1.165) is 21.7 Å². The molecule has 54 heavy (non-hydrogen) atoms. The molecule has 3 aromatic rings. The van der Waals surface area contributed by atoms with Crippen molar-refractivity contribution in [1.29, 1.82) is 0 Å².